The second-order valence-corrected chi connectivity index (χ2v) is 5.51. The molecule has 0 radical (unpaired) electrons. The van der Waals surface area contributed by atoms with Gasteiger partial charge in [0.1, 0.15) is 5.82 Å². The number of hydrogen-bond donors (Lipinski definition) is 1. The summed E-state index contributed by atoms with van der Waals surface area (Å²) in [6.07, 6.45) is 0. The molecule has 21 heavy (non-hydrogen) atoms. The van der Waals surface area contributed by atoms with Crippen LogP contribution in [0.4, 0.5) is 10.1 Å². The predicted molar refractivity (Wildman–Crippen MR) is 81.7 cm³/mol. The molecule has 5 nitrogen and oxygen atoms in total. The highest BCUT2D eigenvalue weighted by Crippen LogP contribution is 2.27. The van der Waals surface area contributed by atoms with E-state index in [2.05, 4.69) is 31.5 Å². The van der Waals surface area contributed by atoms with Gasteiger partial charge < -0.3 is 5.73 Å². The first kappa shape index (κ1) is 14.0. The van der Waals surface area contributed by atoms with E-state index in [1.807, 2.05) is 0 Å². The summed E-state index contributed by atoms with van der Waals surface area (Å²) in [4.78, 5) is 0. The van der Waals surface area contributed by atoms with Gasteiger partial charge in [0, 0.05) is 11.6 Å². The Morgan fingerprint density at radius 2 is 2.00 bits per heavy atom. The maximum atomic E-state index is 13.7. The highest BCUT2D eigenvalue weighted by atomic mass is 79.9. The second-order valence-electron chi connectivity index (χ2n) is 4.25. The molecule has 106 valence electrons. The fourth-order valence-electron chi connectivity index (χ4n) is 1.82. The zero-order chi connectivity index (χ0) is 15.0. The van der Waals surface area contributed by atoms with Crippen molar-refractivity contribution in [1.29, 1.82) is 0 Å². The molecule has 0 saturated heterocycles. The summed E-state index contributed by atoms with van der Waals surface area (Å²) in [6.45, 7) is 0. The highest BCUT2D eigenvalue weighted by Gasteiger charge is 2.13. The van der Waals surface area contributed by atoms with Crippen LogP contribution in [-0.4, -0.2) is 20.2 Å². The summed E-state index contributed by atoms with van der Waals surface area (Å²) in [5, 5.41) is 11.9. The average Bonchev–Trinajstić information content (AvgIpc) is 2.94. The fourth-order valence-corrected chi connectivity index (χ4v) is 2.25. The van der Waals surface area contributed by atoms with Gasteiger partial charge in [-0.3, -0.25) is 0 Å². The Morgan fingerprint density at radius 3 is 2.71 bits per heavy atom. The monoisotopic (exact) mass is 367 g/mol. The summed E-state index contributed by atoms with van der Waals surface area (Å²) >= 11 is 9.11. The van der Waals surface area contributed by atoms with Crippen LogP contribution in [0.25, 0.3) is 17.1 Å². The van der Waals surface area contributed by atoms with Crippen molar-refractivity contribution in [2.24, 2.45) is 0 Å². The molecule has 0 saturated carbocycles. The van der Waals surface area contributed by atoms with Crippen LogP contribution in [0, 0.1) is 5.82 Å². The maximum absolute atomic E-state index is 13.7. The Kier molecular flexibility index (Phi) is 3.60. The summed E-state index contributed by atoms with van der Waals surface area (Å²) in [5.41, 5.74) is 7.34. The van der Waals surface area contributed by atoms with Gasteiger partial charge in [-0.25, -0.2) is 4.39 Å². The standard InChI is InChI=1S/C13H8BrClFN5/c14-9-3-2-8(6-11(9)16)21-13(18-19-20-21)7-1-4-12(17)10(15)5-7/h1-6H,17H2. The van der Waals surface area contributed by atoms with E-state index in [1.165, 1.54) is 10.7 Å². The molecule has 0 unspecified atom stereocenters. The summed E-state index contributed by atoms with van der Waals surface area (Å²) in [6, 6.07) is 9.70. The van der Waals surface area contributed by atoms with E-state index in [-0.39, 0.29) is 0 Å². The number of nitrogens with zero attached hydrogens (tertiary/aromatic N) is 4. The molecule has 2 N–H and O–H groups in total. The molecule has 2 aromatic carbocycles. The Balaban J connectivity index is 2.12. The number of tetrazole rings is 1. The molecule has 0 bridgehead atoms. The molecule has 8 heteroatoms. The zero-order valence-electron chi connectivity index (χ0n) is 10.5. The number of rotatable bonds is 2. The van der Waals surface area contributed by atoms with Gasteiger partial charge in [0.25, 0.3) is 0 Å². The number of anilines is 1. The Morgan fingerprint density at radius 1 is 1.19 bits per heavy atom. The second kappa shape index (κ2) is 5.42. The van der Waals surface area contributed by atoms with Gasteiger partial charge in [-0.1, -0.05) is 11.6 Å². The minimum atomic E-state index is -0.399. The van der Waals surface area contributed by atoms with Gasteiger partial charge in [-0.05, 0) is 56.7 Å². The minimum absolute atomic E-state index is 0.372. The summed E-state index contributed by atoms with van der Waals surface area (Å²) < 4.78 is 15.5. The lowest BCUT2D eigenvalue weighted by atomic mass is 10.2. The molecule has 1 aromatic heterocycles. The number of aromatic nitrogens is 4. The predicted octanol–water partition coefficient (Wildman–Crippen LogP) is 3.47. The van der Waals surface area contributed by atoms with E-state index in [0.717, 1.165) is 0 Å². The molecule has 1 heterocycles. The molecule has 0 fully saturated rings. The van der Waals surface area contributed by atoms with Crippen LogP contribution >= 0.6 is 27.5 Å². The fraction of sp³-hybridized carbons (Fsp3) is 0. The molecule has 0 aliphatic rings. The van der Waals surface area contributed by atoms with Crippen LogP contribution in [-0.2, 0) is 0 Å². The topological polar surface area (TPSA) is 69.6 Å². The van der Waals surface area contributed by atoms with Crippen molar-refractivity contribution in [3.05, 3.63) is 51.7 Å². The third-order valence-electron chi connectivity index (χ3n) is 2.88. The van der Waals surface area contributed by atoms with Crippen molar-refractivity contribution in [1.82, 2.24) is 20.2 Å². The molecule has 3 aromatic rings. The lowest BCUT2D eigenvalue weighted by Gasteiger charge is -2.06. The number of nitrogens with two attached hydrogens (primary N) is 1. The van der Waals surface area contributed by atoms with E-state index >= 15 is 0 Å². The van der Waals surface area contributed by atoms with Crippen LogP contribution in [0.1, 0.15) is 0 Å². The van der Waals surface area contributed by atoms with Crippen LogP contribution in [0.3, 0.4) is 0 Å². The van der Waals surface area contributed by atoms with Crippen LogP contribution in [0.2, 0.25) is 5.02 Å². The molecule has 3 rings (SSSR count). The van der Waals surface area contributed by atoms with Gasteiger partial charge in [0.05, 0.1) is 20.9 Å². The van der Waals surface area contributed by atoms with Crippen LogP contribution in [0.5, 0.6) is 0 Å². The normalized spacial score (nSPS) is 10.8. The van der Waals surface area contributed by atoms with E-state index in [9.17, 15) is 4.39 Å². The Bertz CT molecular complexity index is 754. The number of benzene rings is 2. The lowest BCUT2D eigenvalue weighted by Crippen LogP contribution is -2.01. The molecule has 0 spiro atoms. The minimum Gasteiger partial charge on any atom is -0.398 e. The third-order valence-corrected chi connectivity index (χ3v) is 3.85. The van der Waals surface area contributed by atoms with Crippen molar-refractivity contribution in [3.63, 3.8) is 0 Å². The maximum Gasteiger partial charge on any atom is 0.187 e. The number of halogens is 3. The van der Waals surface area contributed by atoms with Crippen molar-refractivity contribution in [2.75, 3.05) is 5.73 Å². The molecular weight excluding hydrogens is 361 g/mol. The smallest absolute Gasteiger partial charge is 0.187 e. The molecule has 0 aliphatic heterocycles. The van der Waals surface area contributed by atoms with E-state index in [4.69, 9.17) is 17.3 Å². The zero-order valence-corrected chi connectivity index (χ0v) is 12.8. The van der Waals surface area contributed by atoms with Crippen LogP contribution in [0.15, 0.2) is 40.9 Å². The van der Waals surface area contributed by atoms with Crippen molar-refractivity contribution >= 4 is 33.2 Å². The average molecular weight is 369 g/mol. The summed E-state index contributed by atoms with van der Waals surface area (Å²) in [7, 11) is 0. The third kappa shape index (κ3) is 2.62. The van der Waals surface area contributed by atoms with Crippen molar-refractivity contribution in [2.45, 2.75) is 0 Å². The first-order valence-electron chi connectivity index (χ1n) is 5.85. The van der Waals surface area contributed by atoms with Gasteiger partial charge in [-0.15, -0.1) is 5.10 Å². The van der Waals surface area contributed by atoms with Crippen LogP contribution < -0.4 is 5.73 Å². The van der Waals surface area contributed by atoms with E-state index in [1.54, 1.807) is 30.3 Å². The van der Waals surface area contributed by atoms with E-state index < -0.39 is 5.82 Å². The first-order chi connectivity index (χ1) is 10.1. The Labute approximate surface area is 132 Å². The molecule has 0 atom stereocenters. The highest BCUT2D eigenvalue weighted by molar-refractivity contribution is 9.10. The number of hydrogen-bond acceptors (Lipinski definition) is 4. The van der Waals surface area contributed by atoms with Gasteiger partial charge in [0.2, 0.25) is 0 Å². The van der Waals surface area contributed by atoms with Gasteiger partial charge in [0.15, 0.2) is 5.82 Å². The largest absolute Gasteiger partial charge is 0.398 e. The summed E-state index contributed by atoms with van der Waals surface area (Å²) in [5.74, 6) is 0.0444. The lowest BCUT2D eigenvalue weighted by molar-refractivity contribution is 0.618. The number of nitrogen functional groups attached to an aromatic ring is 1. The van der Waals surface area contributed by atoms with Crippen molar-refractivity contribution in [3.8, 4) is 17.1 Å². The Hall–Kier alpha value is -1.99. The molecule has 0 aliphatic carbocycles. The molecule has 0 amide bonds. The first-order valence-corrected chi connectivity index (χ1v) is 7.02. The van der Waals surface area contributed by atoms with Gasteiger partial charge >= 0.3 is 0 Å². The quantitative estimate of drug-likeness (QED) is 0.703. The van der Waals surface area contributed by atoms with Gasteiger partial charge in [-0.2, -0.15) is 4.68 Å². The van der Waals surface area contributed by atoms with Crippen molar-refractivity contribution < 1.29 is 4.39 Å². The SMILES string of the molecule is Nc1ccc(-c2nnnn2-c2ccc(Br)c(F)c2)cc1Cl. The molecular formula is C13H8BrClFN5. The van der Waals surface area contributed by atoms with E-state index in [0.29, 0.717) is 32.3 Å².